The summed E-state index contributed by atoms with van der Waals surface area (Å²) < 4.78 is 26.3. The van der Waals surface area contributed by atoms with Gasteiger partial charge in [-0.2, -0.15) is 0 Å². The van der Waals surface area contributed by atoms with Gasteiger partial charge in [0.1, 0.15) is 17.2 Å². The molecule has 1 aromatic carbocycles. The summed E-state index contributed by atoms with van der Waals surface area (Å²) in [7, 11) is 0. The van der Waals surface area contributed by atoms with Crippen LogP contribution in [-0.4, -0.2) is 16.5 Å². The molecule has 1 saturated carbocycles. The van der Waals surface area contributed by atoms with Gasteiger partial charge in [-0.25, -0.2) is 8.78 Å². The van der Waals surface area contributed by atoms with Crippen molar-refractivity contribution in [3.8, 4) is 0 Å². The zero-order valence-electron chi connectivity index (χ0n) is 8.67. The van der Waals surface area contributed by atoms with Crippen LogP contribution in [0.1, 0.15) is 36.0 Å². The largest absolute Gasteiger partial charge is 0.382 e. The zero-order chi connectivity index (χ0) is 11.8. The average Bonchev–Trinajstić information content (AvgIpc) is 2.69. The first-order chi connectivity index (χ1) is 7.53. The van der Waals surface area contributed by atoms with Crippen LogP contribution in [-0.2, 0) is 0 Å². The fourth-order valence-corrected chi connectivity index (χ4v) is 2.11. The first-order valence-corrected chi connectivity index (χ1v) is 5.25. The molecule has 0 aliphatic heterocycles. The molecule has 0 amide bonds. The molecule has 0 unspecified atom stereocenters. The van der Waals surface area contributed by atoms with Crippen LogP contribution in [0, 0.1) is 11.6 Å². The molecule has 2 rings (SSSR count). The number of hydrogen-bond donors (Lipinski definition) is 1. The summed E-state index contributed by atoms with van der Waals surface area (Å²) in [5, 5.41) is 9.99. The Bertz CT molecular complexity index is 423. The van der Waals surface area contributed by atoms with E-state index in [0.717, 1.165) is 31.0 Å². The van der Waals surface area contributed by atoms with Gasteiger partial charge in [0, 0.05) is 0 Å². The third-order valence-electron chi connectivity index (χ3n) is 3.03. The number of hydrogen-bond acceptors (Lipinski definition) is 2. The second-order valence-electron chi connectivity index (χ2n) is 4.19. The molecular weight excluding hydrogens is 214 g/mol. The zero-order valence-corrected chi connectivity index (χ0v) is 8.67. The van der Waals surface area contributed by atoms with Crippen LogP contribution in [0.2, 0.25) is 0 Å². The Kier molecular flexibility index (Phi) is 2.76. The molecule has 0 aromatic heterocycles. The first kappa shape index (κ1) is 11.2. The molecule has 0 saturated heterocycles. The highest BCUT2D eigenvalue weighted by Gasteiger charge is 2.40. The van der Waals surface area contributed by atoms with Crippen molar-refractivity contribution in [3.63, 3.8) is 0 Å². The third kappa shape index (κ3) is 1.85. The highest BCUT2D eigenvalue weighted by Crippen LogP contribution is 2.33. The van der Waals surface area contributed by atoms with Crippen LogP contribution in [0.3, 0.4) is 0 Å². The lowest BCUT2D eigenvalue weighted by molar-refractivity contribution is 0.0348. The maximum absolute atomic E-state index is 13.3. The minimum atomic E-state index is -1.51. The smallest absolute Gasteiger partial charge is 0.197 e. The molecule has 1 aliphatic carbocycles. The van der Waals surface area contributed by atoms with E-state index in [1.807, 2.05) is 0 Å². The quantitative estimate of drug-likeness (QED) is 0.786. The van der Waals surface area contributed by atoms with Gasteiger partial charge < -0.3 is 5.11 Å². The predicted molar refractivity (Wildman–Crippen MR) is 54.1 cm³/mol. The lowest BCUT2D eigenvalue weighted by Gasteiger charge is -2.20. The van der Waals surface area contributed by atoms with Crippen LogP contribution in [0.5, 0.6) is 0 Å². The van der Waals surface area contributed by atoms with E-state index < -0.39 is 23.0 Å². The lowest BCUT2D eigenvalue weighted by Crippen LogP contribution is -2.35. The average molecular weight is 226 g/mol. The molecule has 86 valence electrons. The molecule has 4 heteroatoms. The van der Waals surface area contributed by atoms with Crippen molar-refractivity contribution in [1.82, 2.24) is 0 Å². The van der Waals surface area contributed by atoms with E-state index >= 15 is 0 Å². The first-order valence-electron chi connectivity index (χ1n) is 5.25. The van der Waals surface area contributed by atoms with Crippen LogP contribution in [0.4, 0.5) is 8.78 Å². The maximum atomic E-state index is 13.3. The van der Waals surface area contributed by atoms with Gasteiger partial charge in [-0.15, -0.1) is 0 Å². The van der Waals surface area contributed by atoms with Gasteiger partial charge in [0.25, 0.3) is 0 Å². The fraction of sp³-hybridized carbons (Fsp3) is 0.417. The van der Waals surface area contributed by atoms with Crippen molar-refractivity contribution in [1.29, 1.82) is 0 Å². The van der Waals surface area contributed by atoms with Crippen molar-refractivity contribution in [2.45, 2.75) is 31.3 Å². The second kappa shape index (κ2) is 3.94. The van der Waals surface area contributed by atoms with Gasteiger partial charge in [0.2, 0.25) is 0 Å². The van der Waals surface area contributed by atoms with Crippen LogP contribution in [0.15, 0.2) is 18.2 Å². The molecule has 0 heterocycles. The van der Waals surface area contributed by atoms with E-state index in [2.05, 4.69) is 0 Å². The van der Waals surface area contributed by atoms with Crippen LogP contribution >= 0.6 is 0 Å². The number of rotatable bonds is 2. The highest BCUT2D eigenvalue weighted by atomic mass is 19.1. The Hall–Kier alpha value is -1.29. The summed E-state index contributed by atoms with van der Waals surface area (Å²) in [6.45, 7) is 0. The Morgan fingerprint density at radius 1 is 1.25 bits per heavy atom. The molecular formula is C12H12F2O2. The summed E-state index contributed by atoms with van der Waals surface area (Å²) in [6, 6.07) is 2.69. The number of carbonyl (C=O) groups excluding carboxylic acids is 1. The number of aliphatic hydroxyl groups is 1. The molecule has 16 heavy (non-hydrogen) atoms. The summed E-state index contributed by atoms with van der Waals surface area (Å²) >= 11 is 0. The topological polar surface area (TPSA) is 37.3 Å². The van der Waals surface area contributed by atoms with Crippen molar-refractivity contribution in [3.05, 3.63) is 35.4 Å². The third-order valence-corrected chi connectivity index (χ3v) is 3.03. The van der Waals surface area contributed by atoms with E-state index in [1.54, 1.807) is 0 Å². The number of carbonyl (C=O) groups is 1. The summed E-state index contributed by atoms with van der Waals surface area (Å²) in [6.07, 6.45) is 2.11. The minimum absolute atomic E-state index is 0.321. The molecule has 0 bridgehead atoms. The standard InChI is InChI=1S/C12H12F2O2/c13-8-3-4-10(14)9(7-8)11(15)12(16)5-1-2-6-12/h3-4,7,16H,1-2,5-6H2. The monoisotopic (exact) mass is 226 g/mol. The predicted octanol–water partition coefficient (Wildman–Crippen LogP) is 2.45. The van der Waals surface area contributed by atoms with Gasteiger partial charge in [-0.05, 0) is 43.9 Å². The lowest BCUT2D eigenvalue weighted by atomic mass is 9.91. The summed E-state index contributed by atoms with van der Waals surface area (Å²) in [5.74, 6) is -2.17. The Morgan fingerprint density at radius 2 is 1.88 bits per heavy atom. The Morgan fingerprint density at radius 3 is 2.50 bits per heavy atom. The van der Waals surface area contributed by atoms with Crippen molar-refractivity contribution in [2.75, 3.05) is 0 Å². The van der Waals surface area contributed by atoms with Gasteiger partial charge in [0.15, 0.2) is 5.78 Å². The fourth-order valence-electron chi connectivity index (χ4n) is 2.11. The number of halogens is 2. The summed E-state index contributed by atoms with van der Waals surface area (Å²) in [5.41, 5.74) is -1.86. The molecule has 1 aromatic rings. The molecule has 1 N–H and O–H groups in total. The second-order valence-corrected chi connectivity index (χ2v) is 4.19. The van der Waals surface area contributed by atoms with E-state index in [4.69, 9.17) is 0 Å². The van der Waals surface area contributed by atoms with E-state index in [9.17, 15) is 18.7 Å². The molecule has 2 nitrogen and oxygen atoms in total. The van der Waals surface area contributed by atoms with E-state index in [0.29, 0.717) is 12.8 Å². The Balaban J connectivity index is 2.36. The number of Topliss-reactive ketones (excluding diaryl/α,β-unsaturated/α-hetero) is 1. The van der Waals surface area contributed by atoms with Gasteiger partial charge >= 0.3 is 0 Å². The number of benzene rings is 1. The van der Waals surface area contributed by atoms with Crippen LogP contribution < -0.4 is 0 Å². The molecule has 0 spiro atoms. The van der Waals surface area contributed by atoms with Gasteiger partial charge in [0.05, 0.1) is 5.56 Å². The number of ketones is 1. The Labute approximate surface area is 91.9 Å². The molecule has 1 aliphatic rings. The molecule has 0 radical (unpaired) electrons. The van der Waals surface area contributed by atoms with Gasteiger partial charge in [-0.1, -0.05) is 0 Å². The van der Waals surface area contributed by atoms with Gasteiger partial charge in [-0.3, -0.25) is 4.79 Å². The molecule has 0 atom stereocenters. The summed E-state index contributed by atoms with van der Waals surface area (Å²) in [4.78, 5) is 11.9. The minimum Gasteiger partial charge on any atom is -0.382 e. The van der Waals surface area contributed by atoms with Crippen molar-refractivity contribution in [2.24, 2.45) is 0 Å². The van der Waals surface area contributed by atoms with E-state index in [1.165, 1.54) is 0 Å². The SMILES string of the molecule is O=C(c1cc(F)ccc1F)C1(O)CCCC1. The van der Waals surface area contributed by atoms with Crippen molar-refractivity contribution >= 4 is 5.78 Å². The van der Waals surface area contributed by atoms with Crippen LogP contribution in [0.25, 0.3) is 0 Å². The molecule has 1 fully saturated rings. The van der Waals surface area contributed by atoms with E-state index in [-0.39, 0.29) is 5.56 Å². The highest BCUT2D eigenvalue weighted by molar-refractivity contribution is 6.02. The van der Waals surface area contributed by atoms with Crippen molar-refractivity contribution < 1.29 is 18.7 Å². The normalized spacial score (nSPS) is 18.7. The maximum Gasteiger partial charge on any atom is 0.197 e.